The van der Waals surface area contributed by atoms with Gasteiger partial charge >= 0.3 is 17.8 Å². The molecule has 8 rings (SSSR count). The molecule has 4 atom stereocenters. The van der Waals surface area contributed by atoms with Crippen LogP contribution in [0.1, 0.15) is 37.7 Å². The summed E-state index contributed by atoms with van der Waals surface area (Å²) < 4.78 is 88.2. The number of piperazine rings is 1. The molecule has 4 aliphatic heterocycles. The smallest absolute Gasteiger partial charge is 0.461 e. The molecule has 0 amide bonds. The van der Waals surface area contributed by atoms with Gasteiger partial charge in [0.15, 0.2) is 11.3 Å². The number of ether oxygens (including phenoxy) is 2. The Hall–Kier alpha value is -4.00. The van der Waals surface area contributed by atoms with Crippen molar-refractivity contribution in [3.63, 3.8) is 0 Å². The number of benzene rings is 2. The summed E-state index contributed by atoms with van der Waals surface area (Å²) in [7, 11) is 0. The SMILES string of the molecule is Cc1cc2[nH]c[n+](C#N)c2c(-c2c(F)cc3c(N4CC5CCC(C4)N5)nc(OC[C@@]45CCCN4C[C@H](F)C5)nc3c2F)c1OC(F)(F)Cl. The Kier molecular flexibility index (Phi) is 7.35. The van der Waals surface area contributed by atoms with Gasteiger partial charge in [0.2, 0.25) is 6.33 Å². The van der Waals surface area contributed by atoms with Gasteiger partial charge in [0.25, 0.3) is 0 Å². The number of aromatic amines is 1. The van der Waals surface area contributed by atoms with E-state index in [-0.39, 0.29) is 58.0 Å². The summed E-state index contributed by atoms with van der Waals surface area (Å²) in [5, 5.41) is 13.4. The number of hydrogen-bond donors (Lipinski definition) is 2. The number of nitrogens with zero attached hydrogens (tertiary/aromatic N) is 6. The lowest BCUT2D eigenvalue weighted by Crippen LogP contribution is -2.51. The van der Waals surface area contributed by atoms with Gasteiger partial charge in [-0.15, -0.1) is 13.3 Å². The van der Waals surface area contributed by atoms with Crippen LogP contribution in [0.3, 0.4) is 0 Å². The summed E-state index contributed by atoms with van der Waals surface area (Å²) in [4.78, 5) is 15.9. The number of imidazole rings is 1. The minimum atomic E-state index is -4.24. The highest BCUT2D eigenvalue weighted by atomic mass is 35.5. The molecule has 4 aromatic rings. The Morgan fingerprint density at radius 2 is 1.94 bits per heavy atom. The van der Waals surface area contributed by atoms with Gasteiger partial charge in [0, 0.05) is 60.4 Å². The van der Waals surface area contributed by atoms with Crippen molar-refractivity contribution in [3.05, 3.63) is 35.7 Å². The standard InChI is InChI=1S/C32H30ClF5N8O2/c1-16-7-22-27(45(14-39)15-40-22)24(28(16)48-32(33,37)38)23-21(35)8-20-26(25(23)36)42-30(43-29(20)44-11-18-3-4-19(12-44)41-18)47-13-31-5-2-6-46(31)10-17(34)9-31/h7-8,15,17-19,41H,2-6,9-13H2,1H3/p+1/t17-,18?,19?,31+/m1/s1. The van der Waals surface area contributed by atoms with Crippen LogP contribution in [0, 0.1) is 30.0 Å². The number of halogens is 6. The minimum absolute atomic E-state index is 0.0593. The quantitative estimate of drug-likeness (QED) is 0.158. The Balaban J connectivity index is 1.33. The van der Waals surface area contributed by atoms with Crippen molar-refractivity contribution in [2.75, 3.05) is 37.7 Å². The van der Waals surface area contributed by atoms with Crippen molar-refractivity contribution in [1.29, 1.82) is 5.26 Å². The van der Waals surface area contributed by atoms with Crippen LogP contribution in [-0.4, -0.2) is 82.0 Å². The number of anilines is 1. The Morgan fingerprint density at radius 3 is 2.67 bits per heavy atom. The predicted molar refractivity (Wildman–Crippen MR) is 165 cm³/mol. The lowest BCUT2D eigenvalue weighted by Gasteiger charge is -2.34. The van der Waals surface area contributed by atoms with Crippen LogP contribution in [-0.2, 0) is 0 Å². The van der Waals surface area contributed by atoms with Crippen molar-refractivity contribution in [2.24, 2.45) is 0 Å². The fraction of sp³-hybridized carbons (Fsp3) is 0.500. The lowest BCUT2D eigenvalue weighted by atomic mass is 9.95. The fourth-order valence-electron chi connectivity index (χ4n) is 8.22. The number of H-pyrrole nitrogens is 1. The van der Waals surface area contributed by atoms with E-state index in [9.17, 15) is 18.4 Å². The summed E-state index contributed by atoms with van der Waals surface area (Å²) in [5.41, 5.74) is -6.08. The second kappa shape index (κ2) is 11.3. The van der Waals surface area contributed by atoms with E-state index in [0.717, 1.165) is 42.9 Å². The van der Waals surface area contributed by atoms with Crippen molar-refractivity contribution in [1.82, 2.24) is 25.2 Å². The number of hydrogen-bond acceptors (Lipinski definition) is 8. The third-order valence-corrected chi connectivity index (χ3v) is 10.3. The van der Waals surface area contributed by atoms with Crippen molar-refractivity contribution in [3.8, 4) is 29.1 Å². The maximum atomic E-state index is 17.1. The molecular formula is C32H31ClF5N8O2+. The summed E-state index contributed by atoms with van der Waals surface area (Å²) in [6.07, 6.45) is 5.89. The highest BCUT2D eigenvalue weighted by molar-refractivity contribution is 6.21. The third kappa shape index (κ3) is 5.16. The molecule has 16 heteroatoms. The number of rotatable bonds is 7. The molecule has 0 spiro atoms. The first-order valence-electron chi connectivity index (χ1n) is 15.9. The van der Waals surface area contributed by atoms with Crippen LogP contribution < -0.4 is 24.3 Å². The van der Waals surface area contributed by atoms with Gasteiger partial charge in [0.1, 0.15) is 41.2 Å². The zero-order valence-electron chi connectivity index (χ0n) is 25.8. The molecular weight excluding hydrogens is 659 g/mol. The van der Waals surface area contributed by atoms with Gasteiger partial charge in [0.05, 0.1) is 16.7 Å². The third-order valence-electron chi connectivity index (χ3n) is 10.2. The molecule has 2 bridgehead atoms. The highest BCUT2D eigenvalue weighted by Crippen LogP contribution is 2.46. The predicted octanol–water partition coefficient (Wildman–Crippen LogP) is 5.05. The first kappa shape index (κ1) is 31.3. The number of aryl methyl sites for hydroxylation is 1. The number of nitrogens with one attached hydrogen (secondary N) is 2. The fourth-order valence-corrected chi connectivity index (χ4v) is 8.30. The molecule has 4 saturated heterocycles. The van der Waals surface area contributed by atoms with E-state index in [2.05, 4.69) is 25.2 Å². The topological polar surface area (TPSA) is 106 Å². The van der Waals surface area contributed by atoms with Crippen LogP contribution in [0.4, 0.5) is 27.8 Å². The molecule has 252 valence electrons. The van der Waals surface area contributed by atoms with E-state index in [4.69, 9.17) is 21.1 Å². The van der Waals surface area contributed by atoms with Crippen molar-refractivity contribution in [2.45, 2.75) is 68.4 Å². The minimum Gasteiger partial charge on any atom is -0.461 e. The molecule has 2 aromatic heterocycles. The van der Waals surface area contributed by atoms with Crippen LogP contribution in [0.25, 0.3) is 33.1 Å². The van der Waals surface area contributed by atoms with Gasteiger partial charge in [-0.2, -0.15) is 9.97 Å². The maximum absolute atomic E-state index is 17.1. The van der Waals surface area contributed by atoms with Crippen LogP contribution in [0.5, 0.6) is 11.8 Å². The second-order valence-electron chi connectivity index (χ2n) is 13.3. The molecule has 0 saturated carbocycles. The van der Waals surface area contributed by atoms with Crippen LogP contribution >= 0.6 is 11.6 Å². The van der Waals surface area contributed by atoms with Gasteiger partial charge in [-0.25, -0.2) is 13.2 Å². The van der Waals surface area contributed by atoms with E-state index in [1.54, 1.807) is 0 Å². The highest BCUT2D eigenvalue weighted by Gasteiger charge is 2.49. The summed E-state index contributed by atoms with van der Waals surface area (Å²) in [5.74, 6) is -2.66. The Morgan fingerprint density at radius 1 is 1.17 bits per heavy atom. The van der Waals surface area contributed by atoms with E-state index >= 15 is 8.78 Å². The first-order valence-corrected chi connectivity index (χ1v) is 16.3. The van der Waals surface area contributed by atoms with Gasteiger partial charge in [-0.05, 0) is 56.8 Å². The monoisotopic (exact) mass is 689 g/mol. The molecule has 4 aliphatic rings. The zero-order chi connectivity index (χ0) is 33.5. The molecule has 48 heavy (non-hydrogen) atoms. The lowest BCUT2D eigenvalue weighted by molar-refractivity contribution is -0.557. The average molecular weight is 690 g/mol. The average Bonchev–Trinajstić information content (AvgIpc) is 3.78. The summed E-state index contributed by atoms with van der Waals surface area (Å²) >= 11 is 5.17. The summed E-state index contributed by atoms with van der Waals surface area (Å²) in [6.45, 7) is 3.60. The second-order valence-corrected chi connectivity index (χ2v) is 13.7. The molecule has 0 radical (unpaired) electrons. The van der Waals surface area contributed by atoms with Gasteiger partial charge in [-0.1, -0.05) is 0 Å². The molecule has 10 nitrogen and oxygen atoms in total. The first-order chi connectivity index (χ1) is 22.9. The van der Waals surface area contributed by atoms with Crippen molar-refractivity contribution < 1.29 is 36.0 Å². The zero-order valence-corrected chi connectivity index (χ0v) is 26.6. The van der Waals surface area contributed by atoms with E-state index in [1.807, 2.05) is 11.1 Å². The number of nitriles is 1. The molecule has 0 aliphatic carbocycles. The van der Waals surface area contributed by atoms with E-state index in [1.165, 1.54) is 19.3 Å². The normalized spacial score (nSPS) is 25.6. The van der Waals surface area contributed by atoms with Crippen molar-refractivity contribution >= 4 is 39.4 Å². The van der Waals surface area contributed by atoms with Crippen LogP contribution in [0.15, 0.2) is 18.5 Å². The largest absolute Gasteiger partial charge is 0.487 e. The molecule has 2 N–H and O–H groups in total. The molecule has 6 heterocycles. The van der Waals surface area contributed by atoms with E-state index in [0.29, 0.717) is 26.1 Å². The van der Waals surface area contributed by atoms with E-state index < -0.39 is 45.8 Å². The molecule has 2 aromatic carbocycles. The van der Waals surface area contributed by atoms with Gasteiger partial charge in [-0.3, -0.25) is 9.88 Å². The molecule has 4 fully saturated rings. The number of fused-ring (bicyclic) bond motifs is 5. The summed E-state index contributed by atoms with van der Waals surface area (Å²) in [6, 6.07) is 2.62. The van der Waals surface area contributed by atoms with Gasteiger partial charge < -0.3 is 19.7 Å². The number of aromatic nitrogens is 4. The number of alkyl halides is 4. The molecule has 2 unspecified atom stereocenters. The maximum Gasteiger partial charge on any atom is 0.487 e. The van der Waals surface area contributed by atoms with Crippen LogP contribution in [0.2, 0.25) is 0 Å². The Labute approximate surface area is 276 Å². The Bertz CT molecular complexity index is 1990.